The molecule has 0 unspecified atom stereocenters. The fraction of sp³-hybridized carbons (Fsp3) is 0.375. The van der Waals surface area contributed by atoms with Crippen LogP contribution in [0.1, 0.15) is 11.8 Å². The van der Waals surface area contributed by atoms with Gasteiger partial charge in [-0.1, -0.05) is 6.07 Å². The van der Waals surface area contributed by atoms with Gasteiger partial charge in [0.25, 0.3) is 5.91 Å². The molecule has 11 heteroatoms. The van der Waals surface area contributed by atoms with Gasteiger partial charge in [0.2, 0.25) is 11.6 Å². The molecule has 2 amide bonds. The summed E-state index contributed by atoms with van der Waals surface area (Å²) in [6.45, 7) is 0.991. The predicted octanol–water partition coefficient (Wildman–Crippen LogP) is -0.121. The van der Waals surface area contributed by atoms with E-state index in [1.807, 2.05) is 11.4 Å². The van der Waals surface area contributed by atoms with Crippen molar-refractivity contribution in [2.45, 2.75) is 24.4 Å². The molecule has 0 spiro atoms. The monoisotopic (exact) mass is 411 g/mol. The number of carboxylic acid groups (broad SMARTS) is 1. The van der Waals surface area contributed by atoms with Crippen molar-refractivity contribution >= 4 is 46.9 Å². The summed E-state index contributed by atoms with van der Waals surface area (Å²) in [5.74, 6) is -2.79. The number of rotatable bonds is 6. The summed E-state index contributed by atoms with van der Waals surface area (Å²) in [5, 5.41) is 13.1. The van der Waals surface area contributed by atoms with Gasteiger partial charge in [0.05, 0.1) is 6.42 Å². The Morgan fingerprint density at radius 3 is 2.81 bits per heavy atom. The molecule has 3 rings (SSSR count). The topological polar surface area (TPSA) is 139 Å². The Balaban J connectivity index is 1.76. The standard InChI is InChI=1S/C16H17N3O6S2/c1-8(20)25-6-9-7-27-15-16(17,14(24)19(15)12(9)13(22)23)18-11(21)5-10-3-2-4-26-10/h2-4,15H,5-7,17H2,1H3,(H,18,21)(H,22,23)/t15-,16-/m1/s1. The molecule has 1 aromatic rings. The van der Waals surface area contributed by atoms with E-state index in [0.29, 0.717) is 5.57 Å². The molecule has 1 aromatic heterocycles. The van der Waals surface area contributed by atoms with Gasteiger partial charge in [0.15, 0.2) is 0 Å². The average Bonchev–Trinajstić information content (AvgIpc) is 3.11. The second kappa shape index (κ2) is 7.33. The molecule has 4 N–H and O–H groups in total. The maximum atomic E-state index is 12.6. The number of hydrogen-bond donors (Lipinski definition) is 3. The van der Waals surface area contributed by atoms with E-state index in [9.17, 15) is 24.3 Å². The van der Waals surface area contributed by atoms with Crippen molar-refractivity contribution in [3.05, 3.63) is 33.7 Å². The number of β-lactam (4-membered cyclic amide) rings is 1. The molecule has 9 nitrogen and oxygen atoms in total. The van der Waals surface area contributed by atoms with Gasteiger partial charge < -0.3 is 15.2 Å². The van der Waals surface area contributed by atoms with Crippen molar-refractivity contribution in [3.8, 4) is 0 Å². The SMILES string of the molecule is CC(=O)OCC1=C(C(=O)O)N2C(=O)[C@@](N)(NC(=O)Cc3cccs3)[C@H]2SC1. The quantitative estimate of drug-likeness (QED) is 0.334. The fourth-order valence-electron chi connectivity index (χ4n) is 2.91. The molecule has 2 aliphatic rings. The van der Waals surface area contributed by atoms with Gasteiger partial charge in [-0.25, -0.2) is 4.79 Å². The highest BCUT2D eigenvalue weighted by Crippen LogP contribution is 2.43. The van der Waals surface area contributed by atoms with Gasteiger partial charge in [0.1, 0.15) is 17.7 Å². The van der Waals surface area contributed by atoms with Crippen LogP contribution in [-0.2, 0) is 30.3 Å². The number of aliphatic carboxylic acids is 1. The Hall–Kier alpha value is -2.37. The Morgan fingerprint density at radius 1 is 1.48 bits per heavy atom. The van der Waals surface area contributed by atoms with Gasteiger partial charge in [-0.05, 0) is 11.4 Å². The molecule has 27 heavy (non-hydrogen) atoms. The average molecular weight is 411 g/mol. The molecule has 144 valence electrons. The van der Waals surface area contributed by atoms with Crippen molar-refractivity contribution < 1.29 is 29.0 Å². The van der Waals surface area contributed by atoms with E-state index in [2.05, 4.69) is 5.32 Å². The van der Waals surface area contributed by atoms with Crippen LogP contribution in [0.4, 0.5) is 0 Å². The second-order valence-corrected chi connectivity index (χ2v) is 8.15. The number of carbonyl (C=O) groups is 4. The van der Waals surface area contributed by atoms with Gasteiger partial charge in [-0.3, -0.25) is 25.0 Å². The van der Waals surface area contributed by atoms with Crippen LogP contribution in [0, 0.1) is 0 Å². The highest BCUT2D eigenvalue weighted by Gasteiger charge is 2.63. The third kappa shape index (κ3) is 3.57. The fourth-order valence-corrected chi connectivity index (χ4v) is 4.96. The van der Waals surface area contributed by atoms with Gasteiger partial charge >= 0.3 is 11.9 Å². The van der Waals surface area contributed by atoms with E-state index in [1.54, 1.807) is 6.07 Å². The Kier molecular flexibility index (Phi) is 5.27. The van der Waals surface area contributed by atoms with Crippen molar-refractivity contribution in [2.75, 3.05) is 12.4 Å². The smallest absolute Gasteiger partial charge is 0.352 e. The maximum Gasteiger partial charge on any atom is 0.352 e. The normalized spacial score (nSPS) is 24.1. The van der Waals surface area contributed by atoms with Crippen LogP contribution >= 0.6 is 23.1 Å². The summed E-state index contributed by atoms with van der Waals surface area (Å²) in [6.07, 6.45) is 0.0839. The number of nitrogens with zero attached hydrogens (tertiary/aromatic N) is 1. The lowest BCUT2D eigenvalue weighted by Gasteiger charge is -2.55. The van der Waals surface area contributed by atoms with Crippen LogP contribution < -0.4 is 11.1 Å². The number of thioether (sulfide) groups is 1. The minimum atomic E-state index is -1.67. The first kappa shape index (κ1) is 19.4. The lowest BCUT2D eigenvalue weighted by Crippen LogP contribution is -2.84. The lowest BCUT2D eigenvalue weighted by molar-refractivity contribution is -0.159. The molecule has 2 atom stereocenters. The van der Waals surface area contributed by atoms with Crippen LogP contribution in [0.3, 0.4) is 0 Å². The maximum absolute atomic E-state index is 12.6. The van der Waals surface area contributed by atoms with Crippen LogP contribution in [0.5, 0.6) is 0 Å². The first-order chi connectivity index (χ1) is 12.7. The van der Waals surface area contributed by atoms with Crippen molar-refractivity contribution in [2.24, 2.45) is 5.73 Å². The number of hydrogen-bond acceptors (Lipinski definition) is 8. The molecule has 0 aliphatic carbocycles. The van der Waals surface area contributed by atoms with E-state index in [1.165, 1.54) is 30.0 Å². The molecule has 1 saturated heterocycles. The molecule has 0 bridgehead atoms. The second-order valence-electron chi connectivity index (χ2n) is 6.05. The summed E-state index contributed by atoms with van der Waals surface area (Å²) >= 11 is 2.62. The van der Waals surface area contributed by atoms with E-state index in [0.717, 1.165) is 9.78 Å². The zero-order valence-corrected chi connectivity index (χ0v) is 15.9. The summed E-state index contributed by atoms with van der Waals surface area (Å²) in [4.78, 5) is 49.4. The molecule has 0 aromatic carbocycles. The Labute approximate surface area is 162 Å². The van der Waals surface area contributed by atoms with E-state index in [-0.39, 0.29) is 24.5 Å². The summed E-state index contributed by atoms with van der Waals surface area (Å²) in [7, 11) is 0. The Morgan fingerprint density at radius 2 is 2.22 bits per heavy atom. The number of carboxylic acids is 1. The first-order valence-electron chi connectivity index (χ1n) is 7.90. The largest absolute Gasteiger partial charge is 0.477 e. The molecule has 1 fully saturated rings. The highest BCUT2D eigenvalue weighted by atomic mass is 32.2. The van der Waals surface area contributed by atoms with Crippen LogP contribution in [0.15, 0.2) is 28.8 Å². The van der Waals surface area contributed by atoms with E-state index < -0.39 is 34.8 Å². The predicted molar refractivity (Wildman–Crippen MR) is 97.5 cm³/mol. The highest BCUT2D eigenvalue weighted by molar-refractivity contribution is 8.00. The third-order valence-electron chi connectivity index (χ3n) is 4.10. The summed E-state index contributed by atoms with van der Waals surface area (Å²) < 4.78 is 4.87. The number of ether oxygens (including phenoxy) is 1. The number of amides is 2. The molecule has 3 heterocycles. The van der Waals surface area contributed by atoms with Crippen molar-refractivity contribution in [1.82, 2.24) is 10.2 Å². The molecular weight excluding hydrogens is 394 g/mol. The number of esters is 1. The zero-order chi connectivity index (χ0) is 19.8. The first-order valence-corrected chi connectivity index (χ1v) is 9.83. The number of nitrogens with two attached hydrogens (primary N) is 1. The summed E-state index contributed by atoms with van der Waals surface area (Å²) in [5.41, 5.74) is 4.50. The molecule has 2 aliphatic heterocycles. The number of thiophene rings is 1. The van der Waals surface area contributed by atoms with Gasteiger partial charge in [-0.2, -0.15) is 0 Å². The lowest BCUT2D eigenvalue weighted by atomic mass is 9.96. The summed E-state index contributed by atoms with van der Waals surface area (Å²) in [6, 6.07) is 3.61. The number of carbonyl (C=O) groups excluding carboxylic acids is 3. The van der Waals surface area contributed by atoms with Crippen molar-refractivity contribution in [3.63, 3.8) is 0 Å². The van der Waals surface area contributed by atoms with Gasteiger partial charge in [-0.15, -0.1) is 23.1 Å². The molecular formula is C16H17N3O6S2. The number of nitrogens with one attached hydrogen (secondary N) is 1. The van der Waals surface area contributed by atoms with Gasteiger partial charge in [0, 0.05) is 23.1 Å². The third-order valence-corrected chi connectivity index (χ3v) is 6.39. The van der Waals surface area contributed by atoms with Crippen LogP contribution in [-0.4, -0.2) is 57.2 Å². The zero-order valence-electron chi connectivity index (χ0n) is 14.3. The van der Waals surface area contributed by atoms with E-state index >= 15 is 0 Å². The van der Waals surface area contributed by atoms with Crippen LogP contribution in [0.2, 0.25) is 0 Å². The molecule has 0 radical (unpaired) electrons. The van der Waals surface area contributed by atoms with E-state index in [4.69, 9.17) is 10.5 Å². The number of fused-ring (bicyclic) bond motifs is 1. The van der Waals surface area contributed by atoms with Crippen molar-refractivity contribution in [1.29, 1.82) is 0 Å². The minimum absolute atomic E-state index is 0.0839. The van der Waals surface area contributed by atoms with Crippen LogP contribution in [0.25, 0.3) is 0 Å². The Bertz CT molecular complexity index is 837. The molecule has 0 saturated carbocycles. The minimum Gasteiger partial charge on any atom is -0.477 e.